The fourth-order valence-electron chi connectivity index (χ4n) is 3.15. The van der Waals surface area contributed by atoms with Gasteiger partial charge in [0.05, 0.1) is 11.0 Å². The van der Waals surface area contributed by atoms with E-state index in [-0.39, 0.29) is 36.6 Å². The lowest BCUT2D eigenvalue weighted by Crippen LogP contribution is -2.42. The largest absolute Gasteiger partial charge is 0.245 e. The molecule has 26 heavy (non-hydrogen) atoms. The Morgan fingerprint density at radius 3 is 2.08 bits per heavy atom. The summed E-state index contributed by atoms with van der Waals surface area (Å²) in [5.41, 5.74) is 0.717. The molecule has 0 bridgehead atoms. The Bertz CT molecular complexity index is 967. The molecule has 0 radical (unpaired) electrons. The molecule has 8 heteroatoms. The zero-order valence-corrected chi connectivity index (χ0v) is 15.7. The van der Waals surface area contributed by atoms with Gasteiger partial charge in [0.15, 0.2) is 9.84 Å². The fraction of sp³-hybridized carbons (Fsp3) is 0.333. The van der Waals surface area contributed by atoms with E-state index in [2.05, 4.69) is 0 Å². The minimum absolute atomic E-state index is 0.0570. The van der Waals surface area contributed by atoms with Gasteiger partial charge in [-0.3, -0.25) is 0 Å². The Kier molecular flexibility index (Phi) is 5.45. The minimum atomic E-state index is -3.96. The second-order valence-electron chi connectivity index (χ2n) is 6.33. The van der Waals surface area contributed by atoms with Crippen LogP contribution < -0.4 is 0 Å². The van der Waals surface area contributed by atoms with Gasteiger partial charge in [-0.05, 0) is 30.5 Å². The molecule has 1 fully saturated rings. The van der Waals surface area contributed by atoms with Crippen LogP contribution in [0.15, 0.2) is 59.5 Å². The third-order valence-electron chi connectivity index (χ3n) is 4.57. The fourth-order valence-corrected chi connectivity index (χ4v) is 6.51. The van der Waals surface area contributed by atoms with Crippen LogP contribution in [-0.4, -0.2) is 39.5 Å². The molecule has 1 aliphatic heterocycles. The molecular formula is C18H20FNO4S2. The highest BCUT2D eigenvalue weighted by Gasteiger charge is 2.35. The zero-order chi connectivity index (χ0) is 18.8. The van der Waals surface area contributed by atoms with Gasteiger partial charge >= 0.3 is 0 Å². The lowest BCUT2D eigenvalue weighted by molar-refractivity contribution is 0.344. The number of halogens is 1. The van der Waals surface area contributed by atoms with Crippen molar-refractivity contribution in [3.8, 4) is 0 Å². The van der Waals surface area contributed by atoms with E-state index in [1.54, 1.807) is 24.3 Å². The maximum Gasteiger partial charge on any atom is 0.245 e. The number of sulfonamides is 1. The summed E-state index contributed by atoms with van der Waals surface area (Å²) in [6.07, 6.45) is 0.422. The highest BCUT2D eigenvalue weighted by molar-refractivity contribution is 7.91. The van der Waals surface area contributed by atoms with Crippen LogP contribution in [0, 0.1) is 5.82 Å². The van der Waals surface area contributed by atoms with E-state index in [4.69, 9.17) is 0 Å². The summed E-state index contributed by atoms with van der Waals surface area (Å²) in [5, 5.41) is -0.588. The van der Waals surface area contributed by atoms with Gasteiger partial charge in [0.1, 0.15) is 10.7 Å². The summed E-state index contributed by atoms with van der Waals surface area (Å²) >= 11 is 0. The summed E-state index contributed by atoms with van der Waals surface area (Å²) in [4.78, 5) is -0.370. The normalized spacial score (nSPS) is 17.3. The Morgan fingerprint density at radius 2 is 1.46 bits per heavy atom. The van der Waals surface area contributed by atoms with Crippen molar-refractivity contribution < 1.29 is 21.2 Å². The number of nitrogens with zero attached hydrogens (tertiary/aromatic N) is 1. The van der Waals surface area contributed by atoms with Crippen LogP contribution in [0.1, 0.15) is 18.4 Å². The predicted molar refractivity (Wildman–Crippen MR) is 97.2 cm³/mol. The Hall–Kier alpha value is -1.77. The molecule has 5 nitrogen and oxygen atoms in total. The molecule has 0 spiro atoms. The first-order valence-corrected chi connectivity index (χ1v) is 11.5. The zero-order valence-electron chi connectivity index (χ0n) is 14.1. The Labute approximate surface area is 153 Å². The van der Waals surface area contributed by atoms with Gasteiger partial charge < -0.3 is 0 Å². The highest BCUT2D eigenvalue weighted by Crippen LogP contribution is 2.26. The van der Waals surface area contributed by atoms with Gasteiger partial charge in [0.25, 0.3) is 0 Å². The smallest absolute Gasteiger partial charge is 0.228 e. The quantitative estimate of drug-likeness (QED) is 0.778. The predicted octanol–water partition coefficient (Wildman–Crippen LogP) is 2.59. The molecule has 2 aromatic carbocycles. The third kappa shape index (κ3) is 3.97. The highest BCUT2D eigenvalue weighted by atomic mass is 32.2. The average Bonchev–Trinajstić information content (AvgIpc) is 2.62. The van der Waals surface area contributed by atoms with Gasteiger partial charge in [0, 0.05) is 13.1 Å². The number of hydrogen-bond donors (Lipinski definition) is 0. The van der Waals surface area contributed by atoms with Crippen molar-refractivity contribution in [3.63, 3.8) is 0 Å². The number of hydrogen-bond acceptors (Lipinski definition) is 4. The van der Waals surface area contributed by atoms with Crippen molar-refractivity contribution in [2.45, 2.75) is 28.7 Å². The summed E-state index contributed by atoms with van der Waals surface area (Å²) in [7, 11) is -7.33. The first kappa shape index (κ1) is 19.0. The first-order valence-electron chi connectivity index (χ1n) is 8.31. The summed E-state index contributed by atoms with van der Waals surface area (Å²) < 4.78 is 65.4. The van der Waals surface area contributed by atoms with E-state index >= 15 is 0 Å². The van der Waals surface area contributed by atoms with Gasteiger partial charge in [-0.15, -0.1) is 0 Å². The number of rotatable bonds is 5. The lowest BCUT2D eigenvalue weighted by Gasteiger charge is -2.31. The topological polar surface area (TPSA) is 71.5 Å². The molecule has 1 heterocycles. The molecule has 1 saturated heterocycles. The van der Waals surface area contributed by atoms with E-state index in [1.807, 2.05) is 6.07 Å². The molecule has 0 atom stereocenters. The second-order valence-corrected chi connectivity index (χ2v) is 10.5. The third-order valence-corrected chi connectivity index (χ3v) is 8.73. The van der Waals surface area contributed by atoms with Crippen molar-refractivity contribution >= 4 is 19.9 Å². The summed E-state index contributed by atoms with van der Waals surface area (Å²) in [6.45, 7) is 0.130. The van der Waals surface area contributed by atoms with Crippen molar-refractivity contribution in [2.24, 2.45) is 0 Å². The van der Waals surface area contributed by atoms with Crippen LogP contribution in [0.4, 0.5) is 4.39 Å². The van der Waals surface area contributed by atoms with Crippen molar-refractivity contribution in [2.75, 3.05) is 13.1 Å². The summed E-state index contributed by atoms with van der Waals surface area (Å²) in [5.74, 6) is -0.857. The molecule has 0 aromatic heterocycles. The maximum absolute atomic E-state index is 13.8. The minimum Gasteiger partial charge on any atom is -0.228 e. The molecule has 0 unspecified atom stereocenters. The van der Waals surface area contributed by atoms with Crippen LogP contribution >= 0.6 is 0 Å². The molecule has 1 aliphatic rings. The lowest BCUT2D eigenvalue weighted by atomic mass is 10.2. The number of benzene rings is 2. The van der Waals surface area contributed by atoms with Crippen molar-refractivity contribution in [3.05, 3.63) is 66.0 Å². The van der Waals surface area contributed by atoms with E-state index in [9.17, 15) is 21.2 Å². The van der Waals surface area contributed by atoms with Crippen LogP contribution in [-0.2, 0) is 25.6 Å². The molecule has 0 amide bonds. The van der Waals surface area contributed by atoms with Crippen LogP contribution in [0.25, 0.3) is 0 Å². The van der Waals surface area contributed by atoms with Crippen LogP contribution in [0.3, 0.4) is 0 Å². The van der Waals surface area contributed by atoms with Gasteiger partial charge in [-0.2, -0.15) is 4.31 Å². The molecule has 2 aromatic rings. The van der Waals surface area contributed by atoms with Crippen LogP contribution in [0.2, 0.25) is 0 Å². The molecule has 0 N–H and O–H groups in total. The maximum atomic E-state index is 13.8. The molecule has 3 rings (SSSR count). The standard InChI is InChI=1S/C18H20FNO4S2/c19-17-8-4-5-9-18(17)26(23,24)20-12-10-16(11-13-20)25(21,22)14-15-6-2-1-3-7-15/h1-9,16H,10-14H2. The molecular weight excluding hydrogens is 377 g/mol. The van der Waals surface area contributed by atoms with Crippen molar-refractivity contribution in [1.29, 1.82) is 0 Å². The van der Waals surface area contributed by atoms with E-state index in [0.29, 0.717) is 5.56 Å². The molecule has 0 saturated carbocycles. The number of sulfone groups is 1. The second kappa shape index (κ2) is 7.46. The van der Waals surface area contributed by atoms with Crippen molar-refractivity contribution in [1.82, 2.24) is 4.31 Å². The monoisotopic (exact) mass is 397 g/mol. The Balaban J connectivity index is 1.70. The summed E-state index contributed by atoms with van der Waals surface area (Å²) in [6, 6.07) is 14.1. The van der Waals surface area contributed by atoms with Gasteiger partial charge in [-0.1, -0.05) is 42.5 Å². The average molecular weight is 397 g/mol. The van der Waals surface area contributed by atoms with Crippen LogP contribution in [0.5, 0.6) is 0 Å². The SMILES string of the molecule is O=S(=O)(Cc1ccccc1)C1CCN(S(=O)(=O)c2ccccc2F)CC1. The number of piperidine rings is 1. The van der Waals surface area contributed by atoms with E-state index in [0.717, 1.165) is 6.07 Å². The van der Waals surface area contributed by atoms with Gasteiger partial charge in [0.2, 0.25) is 10.0 Å². The first-order chi connectivity index (χ1) is 12.3. The Morgan fingerprint density at radius 1 is 0.885 bits per heavy atom. The molecule has 0 aliphatic carbocycles. The van der Waals surface area contributed by atoms with Gasteiger partial charge in [-0.25, -0.2) is 21.2 Å². The van der Waals surface area contributed by atoms with E-state index < -0.39 is 30.9 Å². The van der Waals surface area contributed by atoms with E-state index in [1.165, 1.54) is 22.5 Å². The molecule has 140 valence electrons.